The van der Waals surface area contributed by atoms with Crippen molar-refractivity contribution in [2.24, 2.45) is 5.92 Å². The zero-order valence-electron chi connectivity index (χ0n) is 13.6. The summed E-state index contributed by atoms with van der Waals surface area (Å²) in [6, 6.07) is 10.3. The van der Waals surface area contributed by atoms with Gasteiger partial charge in [-0.1, -0.05) is 41.9 Å². The fraction of sp³-hybridized carbons (Fsp3) is 0.222. The van der Waals surface area contributed by atoms with Crippen LogP contribution >= 0.6 is 11.6 Å². The van der Waals surface area contributed by atoms with Crippen LogP contribution in [0, 0.1) is 5.92 Å². The molecule has 0 unspecified atom stereocenters. The lowest BCUT2D eigenvalue weighted by Crippen LogP contribution is -2.72. The van der Waals surface area contributed by atoms with Gasteiger partial charge in [-0.25, -0.2) is 4.79 Å². The van der Waals surface area contributed by atoms with E-state index < -0.39 is 35.7 Å². The predicted molar refractivity (Wildman–Crippen MR) is 91.1 cm³/mol. The molecule has 3 N–H and O–H groups in total. The Morgan fingerprint density at radius 2 is 1.67 bits per heavy atom. The first kappa shape index (κ1) is 19.2. The van der Waals surface area contributed by atoms with Crippen LogP contribution in [-0.4, -0.2) is 28.8 Å². The number of aliphatic hydroxyl groups is 1. The molecule has 2 amide bonds. The second kappa shape index (κ2) is 6.86. The molecule has 1 heterocycles. The van der Waals surface area contributed by atoms with E-state index in [1.54, 1.807) is 18.2 Å². The molecular weight excluding hydrogens is 385 g/mol. The lowest BCUT2D eigenvalue weighted by Gasteiger charge is -2.45. The molecule has 0 aliphatic carbocycles. The zero-order chi connectivity index (χ0) is 19.8. The zero-order valence-corrected chi connectivity index (χ0v) is 14.4. The minimum atomic E-state index is -5.29. The summed E-state index contributed by atoms with van der Waals surface area (Å²) in [6.45, 7) is 0. The molecule has 142 valence electrons. The Morgan fingerprint density at radius 1 is 1.07 bits per heavy atom. The molecule has 0 bridgehead atoms. The number of halogens is 4. The Bertz CT molecular complexity index is 858. The van der Waals surface area contributed by atoms with Crippen LogP contribution in [0.1, 0.15) is 22.0 Å². The van der Waals surface area contributed by atoms with Crippen LogP contribution in [0.15, 0.2) is 54.6 Å². The first-order valence-corrected chi connectivity index (χ1v) is 8.24. The Hall–Kier alpha value is -2.58. The van der Waals surface area contributed by atoms with E-state index in [4.69, 9.17) is 11.6 Å². The van der Waals surface area contributed by atoms with Gasteiger partial charge in [-0.2, -0.15) is 13.2 Å². The Morgan fingerprint density at radius 3 is 2.22 bits per heavy atom. The molecule has 2 aromatic carbocycles. The monoisotopic (exact) mass is 398 g/mol. The highest BCUT2D eigenvalue weighted by Gasteiger charge is 2.66. The molecule has 2 aromatic rings. The van der Waals surface area contributed by atoms with Crippen molar-refractivity contribution in [3.8, 4) is 0 Å². The molecule has 1 saturated heterocycles. The third-order valence-electron chi connectivity index (χ3n) is 4.38. The summed E-state index contributed by atoms with van der Waals surface area (Å²) in [7, 11) is 0. The third kappa shape index (κ3) is 3.50. The number of amides is 2. The average molecular weight is 399 g/mol. The molecule has 0 radical (unpaired) electrons. The number of carbonyl (C=O) groups is 2. The van der Waals surface area contributed by atoms with Gasteiger partial charge in [0.1, 0.15) is 5.92 Å². The topological polar surface area (TPSA) is 78.4 Å². The third-order valence-corrected chi connectivity index (χ3v) is 4.63. The molecule has 0 spiro atoms. The van der Waals surface area contributed by atoms with E-state index in [2.05, 4.69) is 5.32 Å². The quantitative estimate of drug-likeness (QED) is 0.693. The number of nitrogens with one attached hydrogen (secondary N) is 2. The molecule has 1 fully saturated rings. The van der Waals surface area contributed by atoms with Crippen molar-refractivity contribution in [1.82, 2.24) is 10.6 Å². The number of rotatable bonds is 3. The van der Waals surface area contributed by atoms with E-state index >= 15 is 0 Å². The van der Waals surface area contributed by atoms with Crippen molar-refractivity contribution in [2.75, 3.05) is 0 Å². The molecule has 0 saturated carbocycles. The second-order valence-electron chi connectivity index (χ2n) is 6.10. The predicted octanol–water partition coefficient (Wildman–Crippen LogP) is 3.44. The van der Waals surface area contributed by atoms with Gasteiger partial charge in [-0.05, 0) is 29.8 Å². The van der Waals surface area contributed by atoms with Gasteiger partial charge in [0.25, 0.3) is 0 Å². The smallest absolute Gasteiger partial charge is 0.363 e. The van der Waals surface area contributed by atoms with Crippen LogP contribution in [0.5, 0.6) is 0 Å². The van der Waals surface area contributed by atoms with Crippen molar-refractivity contribution in [2.45, 2.75) is 17.9 Å². The van der Waals surface area contributed by atoms with E-state index in [0.29, 0.717) is 5.02 Å². The first-order chi connectivity index (χ1) is 12.6. The second-order valence-corrected chi connectivity index (χ2v) is 6.54. The molecular formula is C18H14ClF3N2O3. The van der Waals surface area contributed by atoms with Crippen molar-refractivity contribution in [3.05, 3.63) is 70.7 Å². The van der Waals surface area contributed by atoms with E-state index in [-0.39, 0.29) is 11.1 Å². The van der Waals surface area contributed by atoms with E-state index in [0.717, 1.165) is 0 Å². The van der Waals surface area contributed by atoms with Crippen molar-refractivity contribution in [1.29, 1.82) is 0 Å². The lowest BCUT2D eigenvalue weighted by atomic mass is 9.77. The average Bonchev–Trinajstić information content (AvgIpc) is 2.61. The van der Waals surface area contributed by atoms with Crippen LogP contribution in [0.25, 0.3) is 0 Å². The maximum atomic E-state index is 13.7. The SMILES string of the molecule is O=C1N[C@H](c2ccccc2)[C@@H](C(=O)c2ccc(Cl)cc2)[C@@](O)(C(F)(F)F)N1. The lowest BCUT2D eigenvalue weighted by molar-refractivity contribution is -0.287. The number of urea groups is 1. The standard InChI is InChI=1S/C18H14ClF3N2O3/c19-12-8-6-11(7-9-12)15(25)13-14(10-4-2-1-3-5-10)23-16(26)24-17(13,27)18(20,21)22/h1-9,13-14,27H,(H2,23,24,26)/t13-,14+,17+/m0/s1. The van der Waals surface area contributed by atoms with Gasteiger partial charge in [0.2, 0.25) is 5.72 Å². The number of hydrogen-bond donors (Lipinski definition) is 3. The summed E-state index contributed by atoms with van der Waals surface area (Å²) in [4.78, 5) is 24.8. The normalized spacial score (nSPS) is 25.4. The molecule has 9 heteroatoms. The highest BCUT2D eigenvalue weighted by atomic mass is 35.5. The first-order valence-electron chi connectivity index (χ1n) is 7.86. The minimum absolute atomic E-state index is 0.0778. The van der Waals surface area contributed by atoms with E-state index in [1.165, 1.54) is 41.7 Å². The van der Waals surface area contributed by atoms with E-state index in [1.807, 2.05) is 0 Å². The largest absolute Gasteiger partial charge is 0.437 e. The molecule has 5 nitrogen and oxygen atoms in total. The van der Waals surface area contributed by atoms with Crippen LogP contribution in [0.4, 0.5) is 18.0 Å². The van der Waals surface area contributed by atoms with Gasteiger partial charge in [-0.15, -0.1) is 0 Å². The molecule has 0 aromatic heterocycles. The summed E-state index contributed by atoms with van der Waals surface area (Å²) >= 11 is 5.76. The fourth-order valence-corrected chi connectivity index (χ4v) is 3.20. The Kier molecular flexibility index (Phi) is 4.88. The molecule has 1 aliphatic rings. The van der Waals surface area contributed by atoms with Crippen molar-refractivity contribution in [3.63, 3.8) is 0 Å². The van der Waals surface area contributed by atoms with Crippen LogP contribution < -0.4 is 10.6 Å². The molecule has 1 aliphatic heterocycles. The summed E-state index contributed by atoms with van der Waals surface area (Å²) in [5, 5.41) is 14.5. The maximum absolute atomic E-state index is 13.7. The summed E-state index contributed by atoms with van der Waals surface area (Å²) in [6.07, 6.45) is -5.29. The summed E-state index contributed by atoms with van der Waals surface area (Å²) < 4.78 is 41.1. The highest BCUT2D eigenvalue weighted by Crippen LogP contribution is 2.43. The Balaban J connectivity index is 2.15. The number of alkyl halides is 3. The number of Topliss-reactive ketones (excluding diaryl/α,β-unsaturated/α-hetero) is 1. The van der Waals surface area contributed by atoms with Gasteiger partial charge in [0.15, 0.2) is 5.78 Å². The summed E-state index contributed by atoms with van der Waals surface area (Å²) in [5.41, 5.74) is -3.57. The number of benzene rings is 2. The van der Waals surface area contributed by atoms with Crippen LogP contribution in [-0.2, 0) is 0 Å². The van der Waals surface area contributed by atoms with Gasteiger partial charge >= 0.3 is 12.2 Å². The number of ketones is 1. The van der Waals surface area contributed by atoms with Gasteiger partial charge in [0.05, 0.1) is 6.04 Å². The molecule has 3 rings (SSSR count). The highest BCUT2D eigenvalue weighted by molar-refractivity contribution is 6.30. The van der Waals surface area contributed by atoms with Crippen molar-refractivity contribution >= 4 is 23.4 Å². The fourth-order valence-electron chi connectivity index (χ4n) is 3.07. The van der Waals surface area contributed by atoms with Crippen molar-refractivity contribution < 1.29 is 27.9 Å². The van der Waals surface area contributed by atoms with Crippen LogP contribution in [0.3, 0.4) is 0 Å². The molecule has 3 atom stereocenters. The summed E-state index contributed by atoms with van der Waals surface area (Å²) in [5.74, 6) is -3.05. The van der Waals surface area contributed by atoms with Gasteiger partial charge in [-0.3, -0.25) is 4.79 Å². The van der Waals surface area contributed by atoms with Crippen LogP contribution in [0.2, 0.25) is 5.02 Å². The Labute approximate surface area is 157 Å². The van der Waals surface area contributed by atoms with Gasteiger partial charge in [0, 0.05) is 10.6 Å². The van der Waals surface area contributed by atoms with Gasteiger partial charge < -0.3 is 15.7 Å². The maximum Gasteiger partial charge on any atom is 0.437 e. The molecule has 27 heavy (non-hydrogen) atoms. The minimum Gasteiger partial charge on any atom is -0.363 e. The van der Waals surface area contributed by atoms with E-state index in [9.17, 15) is 27.9 Å². The number of carbonyl (C=O) groups excluding carboxylic acids is 2. The number of hydrogen-bond acceptors (Lipinski definition) is 3.